The number of phenols is 1. The summed E-state index contributed by atoms with van der Waals surface area (Å²) in [6, 6.07) is 19.0. The van der Waals surface area contributed by atoms with Gasteiger partial charge in [0.25, 0.3) is 10.1 Å². The quantitative estimate of drug-likeness (QED) is 0.0771. The van der Waals surface area contributed by atoms with Crippen LogP contribution in [-0.4, -0.2) is 40.2 Å². The molecule has 6 N–H and O–H groups in total. The maximum Gasteiger partial charge on any atom is 0.336 e. The molecule has 0 aliphatic rings. The Hall–Kier alpha value is -5.73. The number of hydrogen-bond donors (Lipinski definition) is 5. The molecule has 0 unspecified atom stereocenters. The third kappa shape index (κ3) is 5.34. The monoisotopic (exact) mass is 585 g/mol. The summed E-state index contributed by atoms with van der Waals surface area (Å²) < 4.78 is 34.0. The van der Waals surface area contributed by atoms with Gasteiger partial charge in [0.05, 0.1) is 28.2 Å². The van der Waals surface area contributed by atoms with Crippen molar-refractivity contribution in [2.75, 3.05) is 5.73 Å². The zero-order chi connectivity index (χ0) is 30.2. The van der Waals surface area contributed by atoms with Gasteiger partial charge in [0, 0.05) is 21.8 Å². The minimum atomic E-state index is -4.80. The summed E-state index contributed by atoms with van der Waals surface area (Å²) in [6.45, 7) is 0. The number of fused-ring (bicyclic) bond motifs is 2. The molecule has 42 heavy (non-hydrogen) atoms. The fourth-order valence-electron chi connectivity index (χ4n) is 4.27. The molecule has 5 rings (SSSR count). The van der Waals surface area contributed by atoms with Gasteiger partial charge in [0.1, 0.15) is 10.6 Å². The lowest BCUT2D eigenvalue weighted by atomic mass is 10.1. The highest BCUT2D eigenvalue weighted by molar-refractivity contribution is 7.86. The lowest BCUT2D eigenvalue weighted by Crippen LogP contribution is -2.07. The summed E-state index contributed by atoms with van der Waals surface area (Å²) in [6.07, 6.45) is 0. The van der Waals surface area contributed by atoms with Gasteiger partial charge in [-0.05, 0) is 53.9 Å². The number of carboxylic acid groups (broad SMARTS) is 2. The maximum absolute atomic E-state index is 12.1. The zero-order valence-electron chi connectivity index (χ0n) is 21.2. The molecule has 0 aromatic heterocycles. The molecule has 0 heterocycles. The van der Waals surface area contributed by atoms with Crippen molar-refractivity contribution in [1.29, 1.82) is 0 Å². The van der Waals surface area contributed by atoms with Crippen molar-refractivity contribution in [3.8, 4) is 5.75 Å². The van der Waals surface area contributed by atoms with Crippen LogP contribution >= 0.6 is 0 Å². The summed E-state index contributed by atoms with van der Waals surface area (Å²) in [5, 5.41) is 47.4. The summed E-state index contributed by atoms with van der Waals surface area (Å²) >= 11 is 0. The third-order valence-corrected chi connectivity index (χ3v) is 7.09. The second-order valence-electron chi connectivity index (χ2n) is 8.92. The topological polar surface area (TPSA) is 225 Å². The molecule has 5 aromatic rings. The number of phenolic OH excluding ortho intramolecular Hbond substituents is 1. The van der Waals surface area contributed by atoms with Gasteiger partial charge in [0.2, 0.25) is 0 Å². The summed E-state index contributed by atoms with van der Waals surface area (Å²) in [5.41, 5.74) is 5.53. The van der Waals surface area contributed by atoms with Crippen molar-refractivity contribution < 1.29 is 37.9 Å². The largest absolute Gasteiger partial charge is 0.505 e. The number of rotatable bonds is 7. The van der Waals surface area contributed by atoms with Crippen LogP contribution in [0.3, 0.4) is 0 Å². The zero-order valence-corrected chi connectivity index (χ0v) is 22.0. The van der Waals surface area contributed by atoms with E-state index < -0.39 is 44.0 Å². The number of nitrogens with two attached hydrogens (primary N) is 1. The third-order valence-electron chi connectivity index (χ3n) is 6.23. The molecule has 14 heteroatoms. The average molecular weight is 586 g/mol. The minimum absolute atomic E-state index is 0.107. The number of benzene rings is 5. The van der Waals surface area contributed by atoms with Crippen molar-refractivity contribution >= 4 is 72.0 Å². The van der Waals surface area contributed by atoms with E-state index in [2.05, 4.69) is 20.5 Å². The molecule has 5 aromatic carbocycles. The Morgan fingerprint density at radius 3 is 1.90 bits per heavy atom. The number of nitrogen functional groups attached to an aromatic ring is 1. The number of nitrogens with zero attached hydrogens (tertiary/aromatic N) is 4. The van der Waals surface area contributed by atoms with Gasteiger partial charge in [-0.25, -0.2) is 9.59 Å². The van der Waals surface area contributed by atoms with Crippen LogP contribution in [0, 0.1) is 0 Å². The first-order valence-corrected chi connectivity index (χ1v) is 13.4. The van der Waals surface area contributed by atoms with Gasteiger partial charge in [-0.2, -0.15) is 13.5 Å². The van der Waals surface area contributed by atoms with E-state index in [1.54, 1.807) is 24.3 Å². The molecule has 0 aliphatic heterocycles. The number of aromatic carboxylic acids is 2. The van der Waals surface area contributed by atoms with Gasteiger partial charge in [-0.15, -0.1) is 15.3 Å². The Kier molecular flexibility index (Phi) is 7.08. The van der Waals surface area contributed by atoms with Crippen LogP contribution in [-0.2, 0) is 10.1 Å². The fourth-order valence-corrected chi connectivity index (χ4v) is 4.92. The number of aromatic hydroxyl groups is 1. The molecule has 210 valence electrons. The molecule has 0 spiro atoms. The van der Waals surface area contributed by atoms with Crippen LogP contribution in [0.15, 0.2) is 104 Å². The van der Waals surface area contributed by atoms with Crippen molar-refractivity contribution in [2.45, 2.75) is 4.90 Å². The summed E-state index contributed by atoms with van der Waals surface area (Å²) in [7, 11) is -4.80. The predicted octanol–water partition coefficient (Wildman–Crippen LogP) is 6.75. The van der Waals surface area contributed by atoms with E-state index in [1.165, 1.54) is 36.4 Å². The molecule has 0 fully saturated rings. The Morgan fingerprint density at radius 1 is 0.690 bits per heavy atom. The number of hydrogen-bond acceptors (Lipinski definition) is 10. The lowest BCUT2D eigenvalue weighted by Gasteiger charge is -2.09. The second kappa shape index (κ2) is 10.7. The van der Waals surface area contributed by atoms with Gasteiger partial charge >= 0.3 is 11.9 Å². The minimum Gasteiger partial charge on any atom is -0.505 e. The fraction of sp³-hybridized carbons (Fsp3) is 0. The van der Waals surface area contributed by atoms with Gasteiger partial charge in [0.15, 0.2) is 5.75 Å². The predicted molar refractivity (Wildman–Crippen MR) is 153 cm³/mol. The molecule has 0 saturated heterocycles. The highest BCUT2D eigenvalue weighted by Gasteiger charge is 2.22. The molecule has 0 saturated carbocycles. The van der Waals surface area contributed by atoms with Crippen LogP contribution in [0.5, 0.6) is 5.75 Å². The first kappa shape index (κ1) is 27.8. The molecule has 0 aliphatic carbocycles. The molecule has 0 radical (unpaired) electrons. The van der Waals surface area contributed by atoms with E-state index in [4.69, 9.17) is 5.73 Å². The van der Waals surface area contributed by atoms with E-state index in [0.717, 1.165) is 18.2 Å². The normalized spacial score (nSPS) is 12.0. The van der Waals surface area contributed by atoms with Crippen molar-refractivity contribution in [2.24, 2.45) is 20.5 Å². The molecule has 0 atom stereocenters. The first-order valence-electron chi connectivity index (χ1n) is 11.9. The van der Waals surface area contributed by atoms with Gasteiger partial charge < -0.3 is 21.1 Å². The van der Waals surface area contributed by atoms with Gasteiger partial charge in [-0.3, -0.25) is 4.55 Å². The van der Waals surface area contributed by atoms with E-state index in [0.29, 0.717) is 27.5 Å². The number of azo groups is 2. The molecule has 0 amide bonds. The van der Waals surface area contributed by atoms with Crippen molar-refractivity contribution in [3.63, 3.8) is 0 Å². The number of carbonyl (C=O) groups is 2. The van der Waals surface area contributed by atoms with Crippen molar-refractivity contribution in [1.82, 2.24) is 0 Å². The van der Waals surface area contributed by atoms with Crippen molar-refractivity contribution in [3.05, 3.63) is 90.0 Å². The Bertz CT molecular complexity index is 2110. The van der Waals surface area contributed by atoms with E-state index in [1.807, 2.05) is 0 Å². The van der Waals surface area contributed by atoms with Crippen LogP contribution in [0.4, 0.5) is 28.4 Å². The van der Waals surface area contributed by atoms with Crippen LogP contribution in [0.1, 0.15) is 20.7 Å². The maximum atomic E-state index is 12.1. The van der Waals surface area contributed by atoms with Crippen LogP contribution in [0.2, 0.25) is 0 Å². The Balaban J connectivity index is 1.58. The van der Waals surface area contributed by atoms with E-state index in [-0.39, 0.29) is 22.3 Å². The van der Waals surface area contributed by atoms with E-state index in [9.17, 15) is 37.9 Å². The highest BCUT2D eigenvalue weighted by atomic mass is 32.2. The highest BCUT2D eigenvalue weighted by Crippen LogP contribution is 2.43. The number of carboxylic acids is 2. The summed E-state index contributed by atoms with van der Waals surface area (Å²) in [5.74, 6) is -3.36. The Morgan fingerprint density at radius 2 is 1.31 bits per heavy atom. The molecular formula is C28H19N5O8S. The second-order valence-corrected chi connectivity index (χ2v) is 10.3. The smallest absolute Gasteiger partial charge is 0.336 e. The molecular weight excluding hydrogens is 566 g/mol. The van der Waals surface area contributed by atoms with E-state index >= 15 is 0 Å². The summed E-state index contributed by atoms with van der Waals surface area (Å²) in [4.78, 5) is 22.1. The standard InChI is InChI=1S/C28H19N5O8S/c29-15-6-5-14-11-24(42(39,40)41)25(26(34)20(14)12-15)33-32-23-10-9-22(17-3-1-2-4-18(17)23)31-30-16-7-8-19(27(35)36)21(13-16)28(37)38/h1-13,34H,29H2,(H,35,36)(H,37,38)(H,39,40,41)/b31-30+,33-32+. The average Bonchev–Trinajstić information content (AvgIpc) is 2.95. The van der Waals surface area contributed by atoms with Crippen LogP contribution in [0.25, 0.3) is 21.5 Å². The van der Waals surface area contributed by atoms with Gasteiger partial charge in [-0.1, -0.05) is 30.3 Å². The molecule has 0 bridgehead atoms. The SMILES string of the molecule is Nc1ccc2cc(S(=O)(=O)O)c(/N=N/c3ccc(/N=N/c4ccc(C(=O)O)c(C(=O)O)c4)c4ccccc34)c(O)c2c1. The lowest BCUT2D eigenvalue weighted by molar-refractivity contribution is 0.0651. The first-order chi connectivity index (χ1) is 19.9. The molecule has 13 nitrogen and oxygen atoms in total. The Labute approximate surface area is 236 Å². The van der Waals surface area contributed by atoms with Crippen LogP contribution < -0.4 is 5.73 Å². The number of anilines is 1.